The third-order valence-corrected chi connectivity index (χ3v) is 6.52. The number of Topliss-reactive ketones (excluding diaryl/α,β-unsaturated/α-hetero) is 2. The molecule has 6 nitrogen and oxygen atoms in total. The van der Waals surface area contributed by atoms with Crippen LogP contribution in [0.15, 0.2) is 84.9 Å². The number of nitrogens with one attached hydrogen (secondary N) is 2. The third-order valence-electron chi connectivity index (χ3n) is 6.52. The van der Waals surface area contributed by atoms with Crippen LogP contribution in [0.5, 0.6) is 0 Å². The van der Waals surface area contributed by atoms with E-state index < -0.39 is 11.5 Å². The number of benzene rings is 3. The Morgan fingerprint density at radius 1 is 0.725 bits per heavy atom. The lowest BCUT2D eigenvalue weighted by atomic mass is 9.94. The predicted molar refractivity (Wildman–Crippen MR) is 159 cm³/mol. The first kappa shape index (κ1) is 30.5. The van der Waals surface area contributed by atoms with Crippen molar-refractivity contribution in [2.75, 3.05) is 6.54 Å². The molecule has 3 rings (SSSR count). The summed E-state index contributed by atoms with van der Waals surface area (Å²) in [7, 11) is 0. The summed E-state index contributed by atoms with van der Waals surface area (Å²) in [4.78, 5) is 51.0. The number of aryl methyl sites for hydroxylation is 1. The highest BCUT2D eigenvalue weighted by Crippen LogP contribution is 2.20. The van der Waals surface area contributed by atoms with Gasteiger partial charge in [-0.15, -0.1) is 0 Å². The molecule has 2 N–H and O–H groups in total. The van der Waals surface area contributed by atoms with Crippen LogP contribution in [-0.2, 0) is 20.8 Å². The Morgan fingerprint density at radius 3 is 1.95 bits per heavy atom. The summed E-state index contributed by atoms with van der Waals surface area (Å²) in [5, 5.41) is 5.72. The molecule has 210 valence electrons. The Kier molecular flexibility index (Phi) is 11.4. The van der Waals surface area contributed by atoms with Gasteiger partial charge in [0.05, 0.1) is 5.92 Å². The summed E-state index contributed by atoms with van der Waals surface area (Å²) in [5.41, 5.74) is 3.39. The number of amides is 2. The van der Waals surface area contributed by atoms with E-state index in [1.54, 1.807) is 0 Å². The minimum absolute atomic E-state index is 0.00290. The van der Waals surface area contributed by atoms with E-state index >= 15 is 0 Å². The molecule has 0 spiro atoms. The Bertz CT molecular complexity index is 1260. The van der Waals surface area contributed by atoms with Crippen molar-refractivity contribution in [3.05, 3.63) is 96.1 Å². The van der Waals surface area contributed by atoms with Crippen molar-refractivity contribution >= 4 is 23.4 Å². The molecule has 3 aromatic carbocycles. The lowest BCUT2D eigenvalue weighted by Crippen LogP contribution is -2.43. The molecule has 0 saturated carbocycles. The van der Waals surface area contributed by atoms with Gasteiger partial charge in [-0.05, 0) is 50.3 Å². The van der Waals surface area contributed by atoms with E-state index in [4.69, 9.17) is 0 Å². The quantitative estimate of drug-likeness (QED) is 0.195. The first-order valence-corrected chi connectivity index (χ1v) is 13.9. The van der Waals surface area contributed by atoms with Crippen LogP contribution in [0.2, 0.25) is 0 Å². The number of rotatable bonds is 14. The van der Waals surface area contributed by atoms with Gasteiger partial charge in [-0.2, -0.15) is 0 Å². The number of carbonyl (C=O) groups excluding carboxylic acids is 4. The molecule has 3 aromatic rings. The van der Waals surface area contributed by atoms with Gasteiger partial charge in [0.1, 0.15) is 5.78 Å². The second-order valence-electron chi connectivity index (χ2n) is 11.2. The standard InChI is InChI=1S/C34H40N2O4/c1-34(2,3)36-32(39)24-29(23-30(37)21-16-25-11-6-4-7-12-25)33(40)35-22-10-15-31(38)28-19-17-27(18-20-28)26-13-8-5-9-14-26/h4-9,11-14,17-20,29H,10,15-16,21-24H2,1-3H3,(H,35,40)(H,36,39)/t29-/m0/s1. The Morgan fingerprint density at radius 2 is 1.32 bits per heavy atom. The molecule has 0 unspecified atom stereocenters. The highest BCUT2D eigenvalue weighted by Gasteiger charge is 2.26. The van der Waals surface area contributed by atoms with Crippen LogP contribution in [0.4, 0.5) is 0 Å². The zero-order valence-corrected chi connectivity index (χ0v) is 23.7. The van der Waals surface area contributed by atoms with Gasteiger partial charge in [0.15, 0.2) is 5.78 Å². The summed E-state index contributed by atoms with van der Waals surface area (Å²) >= 11 is 0. The van der Waals surface area contributed by atoms with Crippen molar-refractivity contribution in [3.63, 3.8) is 0 Å². The average molecular weight is 541 g/mol. The van der Waals surface area contributed by atoms with E-state index in [0.717, 1.165) is 16.7 Å². The van der Waals surface area contributed by atoms with Crippen molar-refractivity contribution in [1.82, 2.24) is 10.6 Å². The minimum Gasteiger partial charge on any atom is -0.356 e. The molecule has 0 aliphatic rings. The van der Waals surface area contributed by atoms with Gasteiger partial charge in [0.25, 0.3) is 0 Å². The highest BCUT2D eigenvalue weighted by molar-refractivity contribution is 5.96. The van der Waals surface area contributed by atoms with Crippen LogP contribution in [-0.4, -0.2) is 35.5 Å². The van der Waals surface area contributed by atoms with Crippen LogP contribution < -0.4 is 10.6 Å². The maximum Gasteiger partial charge on any atom is 0.224 e. The number of ketones is 2. The zero-order chi connectivity index (χ0) is 29.0. The van der Waals surface area contributed by atoms with Gasteiger partial charge in [0.2, 0.25) is 11.8 Å². The summed E-state index contributed by atoms with van der Waals surface area (Å²) in [6, 6.07) is 27.2. The van der Waals surface area contributed by atoms with E-state index in [2.05, 4.69) is 10.6 Å². The molecular formula is C34H40N2O4. The molecule has 0 aliphatic carbocycles. The zero-order valence-electron chi connectivity index (χ0n) is 23.7. The van der Waals surface area contributed by atoms with E-state index in [1.165, 1.54) is 0 Å². The molecule has 0 fully saturated rings. The molecule has 2 amide bonds. The Balaban J connectivity index is 1.50. The van der Waals surface area contributed by atoms with Crippen LogP contribution in [0, 0.1) is 5.92 Å². The lowest BCUT2D eigenvalue weighted by molar-refractivity contribution is -0.133. The topological polar surface area (TPSA) is 92.3 Å². The smallest absolute Gasteiger partial charge is 0.224 e. The van der Waals surface area contributed by atoms with Crippen LogP contribution >= 0.6 is 0 Å². The lowest BCUT2D eigenvalue weighted by Gasteiger charge is -2.23. The van der Waals surface area contributed by atoms with Gasteiger partial charge in [0, 0.05) is 43.3 Å². The van der Waals surface area contributed by atoms with Crippen LogP contribution in [0.1, 0.15) is 68.8 Å². The normalized spacial score (nSPS) is 11.9. The first-order chi connectivity index (χ1) is 19.1. The highest BCUT2D eigenvalue weighted by atomic mass is 16.2. The van der Waals surface area contributed by atoms with E-state index in [0.29, 0.717) is 31.4 Å². The molecule has 0 bridgehead atoms. The number of hydrogen-bond acceptors (Lipinski definition) is 4. The maximum atomic E-state index is 13.0. The van der Waals surface area contributed by atoms with Crippen molar-refractivity contribution in [2.45, 2.75) is 64.8 Å². The van der Waals surface area contributed by atoms with Gasteiger partial charge < -0.3 is 10.6 Å². The maximum absolute atomic E-state index is 13.0. The Labute approximate surface area is 237 Å². The van der Waals surface area contributed by atoms with Gasteiger partial charge in [-0.25, -0.2) is 0 Å². The summed E-state index contributed by atoms with van der Waals surface area (Å²) in [6.07, 6.45) is 1.60. The molecule has 0 aliphatic heterocycles. The molecule has 0 heterocycles. The predicted octanol–water partition coefficient (Wildman–Crippen LogP) is 5.95. The van der Waals surface area contributed by atoms with Crippen LogP contribution in [0.3, 0.4) is 0 Å². The Hall–Kier alpha value is -4.06. The van der Waals surface area contributed by atoms with Gasteiger partial charge >= 0.3 is 0 Å². The second kappa shape index (κ2) is 14.9. The fourth-order valence-corrected chi connectivity index (χ4v) is 4.48. The van der Waals surface area contributed by atoms with Crippen molar-refractivity contribution in [1.29, 1.82) is 0 Å². The first-order valence-electron chi connectivity index (χ1n) is 13.9. The molecule has 40 heavy (non-hydrogen) atoms. The van der Waals surface area contributed by atoms with Crippen LogP contribution in [0.25, 0.3) is 11.1 Å². The third kappa shape index (κ3) is 10.6. The van der Waals surface area contributed by atoms with Crippen molar-refractivity contribution in [2.24, 2.45) is 5.92 Å². The van der Waals surface area contributed by atoms with Crippen molar-refractivity contribution < 1.29 is 19.2 Å². The monoisotopic (exact) mass is 540 g/mol. The summed E-state index contributed by atoms with van der Waals surface area (Å²) in [5.74, 6) is -1.41. The fraction of sp³-hybridized carbons (Fsp3) is 0.353. The minimum atomic E-state index is -0.758. The van der Waals surface area contributed by atoms with E-state index in [-0.39, 0.29) is 42.6 Å². The van der Waals surface area contributed by atoms with E-state index in [9.17, 15) is 19.2 Å². The van der Waals surface area contributed by atoms with Crippen molar-refractivity contribution in [3.8, 4) is 11.1 Å². The van der Waals surface area contributed by atoms with Gasteiger partial charge in [-0.1, -0.05) is 84.9 Å². The van der Waals surface area contributed by atoms with E-state index in [1.807, 2.05) is 106 Å². The molecule has 0 saturated heterocycles. The number of hydrogen-bond donors (Lipinski definition) is 2. The number of carbonyl (C=O) groups is 4. The van der Waals surface area contributed by atoms with Gasteiger partial charge in [-0.3, -0.25) is 19.2 Å². The average Bonchev–Trinajstić information content (AvgIpc) is 2.93. The second-order valence-corrected chi connectivity index (χ2v) is 11.2. The molecule has 0 radical (unpaired) electrons. The molecule has 0 aromatic heterocycles. The fourth-order valence-electron chi connectivity index (χ4n) is 4.48. The molecular weight excluding hydrogens is 500 g/mol. The molecule has 1 atom stereocenters. The summed E-state index contributed by atoms with van der Waals surface area (Å²) < 4.78 is 0. The summed E-state index contributed by atoms with van der Waals surface area (Å²) in [6.45, 7) is 5.91. The largest absolute Gasteiger partial charge is 0.356 e. The SMILES string of the molecule is CC(C)(C)NC(=O)C[C@H](CC(=O)CCc1ccccc1)C(=O)NCCCC(=O)c1ccc(-c2ccccc2)cc1. The molecule has 6 heteroatoms.